The maximum Gasteiger partial charge on any atom is 0.358 e. The molecule has 0 unspecified atom stereocenters. The molecular formula is C12H11ClN4O4. The molecule has 0 spiro atoms. The Morgan fingerprint density at radius 1 is 1.19 bits per heavy atom. The lowest BCUT2D eigenvalue weighted by atomic mass is 10.2. The average Bonchev–Trinajstić information content (AvgIpc) is 2.45. The van der Waals surface area contributed by atoms with Gasteiger partial charge in [-0.25, -0.2) is 0 Å². The Hall–Kier alpha value is -2.87. The maximum absolute atomic E-state index is 11.8. The first-order valence-electron chi connectivity index (χ1n) is 5.57. The maximum atomic E-state index is 11.8. The van der Waals surface area contributed by atoms with Gasteiger partial charge in [0.25, 0.3) is 5.91 Å². The number of aromatic amines is 1. The molecule has 0 aliphatic heterocycles. The van der Waals surface area contributed by atoms with Crippen molar-refractivity contribution < 1.29 is 9.72 Å². The predicted molar refractivity (Wildman–Crippen MR) is 78.5 cm³/mol. The summed E-state index contributed by atoms with van der Waals surface area (Å²) in [6.45, 7) is 0. The summed E-state index contributed by atoms with van der Waals surface area (Å²) in [7, 11) is 0. The fourth-order valence-electron chi connectivity index (χ4n) is 1.54. The first-order valence-corrected chi connectivity index (χ1v) is 5.57. The van der Waals surface area contributed by atoms with Crippen LogP contribution in [-0.4, -0.2) is 15.8 Å². The highest BCUT2D eigenvalue weighted by Crippen LogP contribution is 2.16. The molecule has 0 aliphatic rings. The summed E-state index contributed by atoms with van der Waals surface area (Å²) in [5.74, 6) is -0.472. The van der Waals surface area contributed by atoms with E-state index in [1.807, 2.05) is 0 Å². The number of nitro groups is 1. The van der Waals surface area contributed by atoms with Gasteiger partial charge in [-0.1, -0.05) is 18.2 Å². The highest BCUT2D eigenvalue weighted by molar-refractivity contribution is 5.95. The lowest BCUT2D eigenvalue weighted by Crippen LogP contribution is -2.30. The van der Waals surface area contributed by atoms with Crippen LogP contribution in [0.4, 0.5) is 11.4 Å². The largest absolute Gasteiger partial charge is 0.358 e. The molecule has 1 heterocycles. The van der Waals surface area contributed by atoms with Gasteiger partial charge in [0, 0.05) is 11.8 Å². The Balaban J connectivity index is 0.00000220. The summed E-state index contributed by atoms with van der Waals surface area (Å²) >= 11 is 0. The zero-order valence-electron chi connectivity index (χ0n) is 10.5. The van der Waals surface area contributed by atoms with Crippen LogP contribution >= 0.6 is 12.4 Å². The third kappa shape index (κ3) is 3.80. The van der Waals surface area contributed by atoms with E-state index in [2.05, 4.69) is 15.8 Å². The minimum absolute atomic E-state index is 0. The van der Waals surface area contributed by atoms with Crippen molar-refractivity contribution in [1.29, 1.82) is 0 Å². The van der Waals surface area contributed by atoms with Crippen LogP contribution in [0.5, 0.6) is 0 Å². The highest BCUT2D eigenvalue weighted by Gasteiger charge is 2.19. The first-order chi connectivity index (χ1) is 9.59. The van der Waals surface area contributed by atoms with Crippen LogP contribution < -0.4 is 16.4 Å². The van der Waals surface area contributed by atoms with E-state index >= 15 is 0 Å². The molecule has 8 nitrogen and oxygen atoms in total. The van der Waals surface area contributed by atoms with E-state index in [4.69, 9.17) is 0 Å². The number of carbonyl (C=O) groups excluding carboxylic acids is 1. The van der Waals surface area contributed by atoms with Crippen molar-refractivity contribution >= 4 is 29.7 Å². The Kier molecular flexibility index (Phi) is 5.44. The summed E-state index contributed by atoms with van der Waals surface area (Å²) in [5, 5.41) is 10.8. The molecule has 0 fully saturated rings. The summed E-state index contributed by atoms with van der Waals surface area (Å²) in [4.78, 5) is 35.3. The number of hydrazine groups is 1. The van der Waals surface area contributed by atoms with Gasteiger partial charge < -0.3 is 4.98 Å². The number of rotatable bonds is 4. The van der Waals surface area contributed by atoms with Crippen molar-refractivity contribution in [2.24, 2.45) is 0 Å². The average molecular weight is 311 g/mol. The molecule has 2 rings (SSSR count). The number of aromatic nitrogens is 1. The van der Waals surface area contributed by atoms with Gasteiger partial charge in [0.05, 0.1) is 4.92 Å². The van der Waals surface area contributed by atoms with Gasteiger partial charge in [-0.05, 0) is 18.2 Å². The van der Waals surface area contributed by atoms with Crippen LogP contribution in [0.3, 0.4) is 0 Å². The lowest BCUT2D eigenvalue weighted by Gasteiger charge is -2.08. The van der Waals surface area contributed by atoms with Crippen molar-refractivity contribution in [3.05, 3.63) is 68.6 Å². The molecular weight excluding hydrogens is 300 g/mol. The zero-order valence-corrected chi connectivity index (χ0v) is 11.3. The number of anilines is 1. The monoisotopic (exact) mass is 310 g/mol. The van der Waals surface area contributed by atoms with Gasteiger partial charge in [0.2, 0.25) is 0 Å². The first kappa shape index (κ1) is 16.2. The second-order valence-electron chi connectivity index (χ2n) is 3.77. The number of hydrogen-bond donors (Lipinski definition) is 3. The van der Waals surface area contributed by atoms with Crippen molar-refractivity contribution in [2.75, 3.05) is 5.43 Å². The quantitative estimate of drug-likeness (QED) is 0.584. The number of benzene rings is 1. The SMILES string of the molecule is Cl.O=C(NNc1cc[nH]c(=O)c1[N+](=O)[O-])c1ccccc1. The normalized spacial score (nSPS) is 9.33. The Morgan fingerprint density at radius 3 is 2.48 bits per heavy atom. The van der Waals surface area contributed by atoms with Crippen LogP contribution in [0.2, 0.25) is 0 Å². The van der Waals surface area contributed by atoms with E-state index in [0.29, 0.717) is 5.56 Å². The second kappa shape index (κ2) is 7.06. The summed E-state index contributed by atoms with van der Waals surface area (Å²) in [6, 6.07) is 9.58. The van der Waals surface area contributed by atoms with Gasteiger partial charge in [-0.15, -0.1) is 12.4 Å². The highest BCUT2D eigenvalue weighted by atomic mass is 35.5. The molecule has 9 heteroatoms. The summed E-state index contributed by atoms with van der Waals surface area (Å²) < 4.78 is 0. The number of nitrogens with zero attached hydrogens (tertiary/aromatic N) is 1. The van der Waals surface area contributed by atoms with E-state index in [0.717, 1.165) is 0 Å². The van der Waals surface area contributed by atoms with Crippen LogP contribution in [0, 0.1) is 10.1 Å². The lowest BCUT2D eigenvalue weighted by molar-refractivity contribution is -0.385. The van der Waals surface area contributed by atoms with E-state index in [9.17, 15) is 19.7 Å². The number of hydrogen-bond acceptors (Lipinski definition) is 5. The molecule has 0 atom stereocenters. The number of amides is 1. The fourth-order valence-corrected chi connectivity index (χ4v) is 1.54. The van der Waals surface area contributed by atoms with Crippen LogP contribution in [-0.2, 0) is 0 Å². The second-order valence-corrected chi connectivity index (χ2v) is 3.77. The van der Waals surface area contributed by atoms with Gasteiger partial charge in [0.1, 0.15) is 5.69 Å². The zero-order chi connectivity index (χ0) is 14.5. The Bertz CT molecular complexity index is 702. The van der Waals surface area contributed by atoms with E-state index in [1.54, 1.807) is 30.3 Å². The van der Waals surface area contributed by atoms with Gasteiger partial charge in [-0.3, -0.25) is 30.6 Å². The van der Waals surface area contributed by atoms with Crippen LogP contribution in [0.1, 0.15) is 10.4 Å². The summed E-state index contributed by atoms with van der Waals surface area (Å²) in [6.07, 6.45) is 1.24. The molecule has 0 radical (unpaired) electrons. The molecule has 3 N–H and O–H groups in total. The number of pyridine rings is 1. The van der Waals surface area contributed by atoms with Crippen molar-refractivity contribution in [1.82, 2.24) is 10.4 Å². The van der Waals surface area contributed by atoms with Crippen LogP contribution in [0.25, 0.3) is 0 Å². The molecule has 0 saturated heterocycles. The summed E-state index contributed by atoms with van der Waals surface area (Å²) in [5.41, 5.74) is 3.43. The van der Waals surface area contributed by atoms with E-state index in [-0.39, 0.29) is 18.1 Å². The molecule has 21 heavy (non-hydrogen) atoms. The third-order valence-corrected chi connectivity index (χ3v) is 2.46. The van der Waals surface area contributed by atoms with Crippen molar-refractivity contribution in [2.45, 2.75) is 0 Å². The Labute approximate surface area is 124 Å². The fraction of sp³-hybridized carbons (Fsp3) is 0. The predicted octanol–water partition coefficient (Wildman–Crippen LogP) is 1.46. The number of halogens is 1. The molecule has 1 aromatic carbocycles. The van der Waals surface area contributed by atoms with Gasteiger partial charge >= 0.3 is 11.2 Å². The van der Waals surface area contributed by atoms with E-state index in [1.165, 1.54) is 12.3 Å². The molecule has 0 aliphatic carbocycles. The molecule has 1 amide bonds. The third-order valence-electron chi connectivity index (χ3n) is 2.46. The minimum Gasteiger partial charge on any atom is -0.323 e. The number of nitrogens with one attached hydrogen (secondary N) is 3. The van der Waals surface area contributed by atoms with E-state index < -0.39 is 22.1 Å². The van der Waals surface area contributed by atoms with Gasteiger partial charge in [0.15, 0.2) is 0 Å². The molecule has 0 bridgehead atoms. The molecule has 1 aromatic heterocycles. The number of H-pyrrole nitrogens is 1. The molecule has 110 valence electrons. The standard InChI is InChI=1S/C12H10N4O4.ClH/c17-11(8-4-2-1-3-5-8)15-14-9-6-7-13-12(18)10(9)16(19)20;/h1-7H,(H,15,17)(H2,13,14,18);1H. The van der Waals surface area contributed by atoms with Crippen molar-refractivity contribution in [3.63, 3.8) is 0 Å². The van der Waals surface area contributed by atoms with Crippen molar-refractivity contribution in [3.8, 4) is 0 Å². The van der Waals surface area contributed by atoms with Crippen LogP contribution in [0.15, 0.2) is 47.4 Å². The topological polar surface area (TPSA) is 117 Å². The molecule has 0 saturated carbocycles. The minimum atomic E-state index is -0.853. The smallest absolute Gasteiger partial charge is 0.323 e. The Morgan fingerprint density at radius 2 is 1.86 bits per heavy atom. The molecule has 2 aromatic rings. The number of carbonyl (C=O) groups is 1. The van der Waals surface area contributed by atoms with Gasteiger partial charge in [-0.2, -0.15) is 0 Å².